The van der Waals surface area contributed by atoms with Crippen LogP contribution in [0.2, 0.25) is 5.02 Å². The fourth-order valence-electron chi connectivity index (χ4n) is 3.58. The number of fused-ring (bicyclic) bond motifs is 1. The minimum absolute atomic E-state index is 0.0534. The molecule has 7 nitrogen and oxygen atoms in total. The highest BCUT2D eigenvalue weighted by Gasteiger charge is 2.34. The van der Waals surface area contributed by atoms with Crippen LogP contribution in [0.5, 0.6) is 11.5 Å². The van der Waals surface area contributed by atoms with Gasteiger partial charge in [0.2, 0.25) is 0 Å². The van der Waals surface area contributed by atoms with E-state index in [1.807, 2.05) is 72.8 Å². The lowest BCUT2D eigenvalue weighted by Crippen LogP contribution is -2.46. The molecule has 0 spiro atoms. The van der Waals surface area contributed by atoms with Crippen LogP contribution < -0.4 is 25.8 Å². The molecular formula is C25H25ClN4O3. The van der Waals surface area contributed by atoms with Crippen molar-refractivity contribution in [3.63, 3.8) is 0 Å². The van der Waals surface area contributed by atoms with Crippen molar-refractivity contribution >= 4 is 29.2 Å². The summed E-state index contributed by atoms with van der Waals surface area (Å²) in [5.41, 5.74) is 13.3. The Morgan fingerprint density at radius 3 is 2.52 bits per heavy atom. The quantitative estimate of drug-likeness (QED) is 0.389. The van der Waals surface area contributed by atoms with E-state index < -0.39 is 6.10 Å². The Balaban J connectivity index is 1.41. The summed E-state index contributed by atoms with van der Waals surface area (Å²) in [5, 5.41) is 0.623. The van der Waals surface area contributed by atoms with Gasteiger partial charge in [0.05, 0.1) is 25.4 Å². The highest BCUT2D eigenvalue weighted by Crippen LogP contribution is 2.36. The molecule has 3 aromatic carbocycles. The minimum atomic E-state index is -0.650. The van der Waals surface area contributed by atoms with Crippen LogP contribution in [0.3, 0.4) is 0 Å². The first-order valence-electron chi connectivity index (χ1n) is 10.6. The standard InChI is InChI=1S/C25H25ClN4O3/c26-20-6-2-1-5-18(20)16-30-21-7-3-4-8-22(21)33-23(24(30)31)13-14-32-19-11-9-17(10-12-19)15-29-25(27)28/h1-12,23H,13-16H2,(H4,27,28,29). The molecule has 0 bridgehead atoms. The first-order chi connectivity index (χ1) is 16.0. The van der Waals surface area contributed by atoms with Gasteiger partial charge < -0.3 is 25.8 Å². The summed E-state index contributed by atoms with van der Waals surface area (Å²) in [6.07, 6.45) is -0.245. The summed E-state index contributed by atoms with van der Waals surface area (Å²) in [7, 11) is 0. The number of anilines is 1. The first-order valence-corrected chi connectivity index (χ1v) is 11.0. The number of ether oxygens (including phenoxy) is 2. The van der Waals surface area contributed by atoms with E-state index in [1.165, 1.54) is 0 Å². The summed E-state index contributed by atoms with van der Waals surface area (Å²) in [5.74, 6) is 1.29. The normalized spacial score (nSPS) is 14.9. The van der Waals surface area contributed by atoms with Crippen molar-refractivity contribution in [2.75, 3.05) is 11.5 Å². The number of nitrogens with two attached hydrogens (primary N) is 2. The Morgan fingerprint density at radius 1 is 1.03 bits per heavy atom. The average molecular weight is 465 g/mol. The highest BCUT2D eigenvalue weighted by atomic mass is 35.5. The van der Waals surface area contributed by atoms with Crippen molar-refractivity contribution in [1.29, 1.82) is 0 Å². The van der Waals surface area contributed by atoms with Crippen LogP contribution in [0.1, 0.15) is 17.5 Å². The van der Waals surface area contributed by atoms with Gasteiger partial charge >= 0.3 is 0 Å². The molecule has 33 heavy (non-hydrogen) atoms. The SMILES string of the molecule is NC(N)=NCc1ccc(OCCC2Oc3ccccc3N(Cc3ccccc3Cl)C2=O)cc1. The Kier molecular flexibility index (Phi) is 7.00. The Hall–Kier alpha value is -3.71. The predicted octanol–water partition coefficient (Wildman–Crippen LogP) is 3.88. The van der Waals surface area contributed by atoms with Gasteiger partial charge in [0.25, 0.3) is 5.91 Å². The molecule has 3 aromatic rings. The van der Waals surface area contributed by atoms with Gasteiger partial charge in [-0.2, -0.15) is 0 Å². The number of hydrogen-bond acceptors (Lipinski definition) is 4. The number of carbonyl (C=O) groups excluding carboxylic acids is 1. The summed E-state index contributed by atoms with van der Waals surface area (Å²) < 4.78 is 11.9. The average Bonchev–Trinajstić information content (AvgIpc) is 2.82. The van der Waals surface area contributed by atoms with Crippen molar-refractivity contribution in [2.24, 2.45) is 16.5 Å². The smallest absolute Gasteiger partial charge is 0.268 e. The number of amides is 1. The van der Waals surface area contributed by atoms with Gasteiger partial charge in [0.1, 0.15) is 11.5 Å². The van der Waals surface area contributed by atoms with E-state index >= 15 is 0 Å². The number of guanidine groups is 1. The number of aliphatic imine (C=N–C) groups is 1. The van der Waals surface area contributed by atoms with Crippen molar-refractivity contribution in [3.05, 3.63) is 88.9 Å². The van der Waals surface area contributed by atoms with Crippen molar-refractivity contribution in [3.8, 4) is 11.5 Å². The van der Waals surface area contributed by atoms with Crippen molar-refractivity contribution in [2.45, 2.75) is 25.6 Å². The fourth-order valence-corrected chi connectivity index (χ4v) is 3.77. The van der Waals surface area contributed by atoms with Gasteiger partial charge in [-0.1, -0.05) is 54.1 Å². The molecule has 1 atom stereocenters. The number of rotatable bonds is 8. The Morgan fingerprint density at radius 2 is 1.76 bits per heavy atom. The maximum Gasteiger partial charge on any atom is 0.268 e. The molecule has 4 N–H and O–H groups in total. The zero-order valence-electron chi connectivity index (χ0n) is 18.0. The molecule has 170 valence electrons. The van der Waals surface area contributed by atoms with Gasteiger partial charge in [-0.05, 0) is 41.5 Å². The molecular weight excluding hydrogens is 440 g/mol. The highest BCUT2D eigenvalue weighted by molar-refractivity contribution is 6.31. The van der Waals surface area contributed by atoms with Gasteiger partial charge in [0.15, 0.2) is 12.1 Å². The third kappa shape index (κ3) is 5.56. The van der Waals surface area contributed by atoms with Crippen LogP contribution in [-0.2, 0) is 17.9 Å². The molecule has 0 aromatic heterocycles. The van der Waals surface area contributed by atoms with Gasteiger partial charge in [-0.3, -0.25) is 4.79 Å². The van der Waals surface area contributed by atoms with Crippen LogP contribution in [0.4, 0.5) is 5.69 Å². The number of carbonyl (C=O) groups is 1. The Bertz CT molecular complexity index is 1150. The molecule has 0 fully saturated rings. The molecule has 1 aliphatic rings. The van der Waals surface area contributed by atoms with E-state index in [4.69, 9.17) is 32.5 Å². The largest absolute Gasteiger partial charge is 0.493 e. The molecule has 0 radical (unpaired) electrons. The van der Waals surface area contributed by atoms with E-state index in [0.717, 1.165) is 16.8 Å². The van der Waals surface area contributed by atoms with Crippen molar-refractivity contribution < 1.29 is 14.3 Å². The number of benzene rings is 3. The van der Waals surface area contributed by atoms with Crippen LogP contribution >= 0.6 is 11.6 Å². The van der Waals surface area contributed by atoms with E-state index in [0.29, 0.717) is 42.6 Å². The van der Waals surface area contributed by atoms with E-state index in [-0.39, 0.29) is 11.9 Å². The predicted molar refractivity (Wildman–Crippen MR) is 130 cm³/mol. The third-order valence-electron chi connectivity index (χ3n) is 5.27. The Labute approximate surface area is 197 Å². The van der Waals surface area contributed by atoms with Gasteiger partial charge in [-0.25, -0.2) is 4.99 Å². The van der Waals surface area contributed by atoms with Crippen LogP contribution in [0, 0.1) is 0 Å². The molecule has 8 heteroatoms. The summed E-state index contributed by atoms with van der Waals surface area (Å²) in [6, 6.07) is 22.5. The lowest BCUT2D eigenvalue weighted by atomic mass is 10.1. The molecule has 1 aliphatic heterocycles. The van der Waals surface area contributed by atoms with Crippen molar-refractivity contribution in [1.82, 2.24) is 0 Å². The van der Waals surface area contributed by atoms with Crippen LogP contribution in [0.15, 0.2) is 77.8 Å². The second kappa shape index (κ2) is 10.3. The first kappa shape index (κ1) is 22.5. The summed E-state index contributed by atoms with van der Waals surface area (Å²) >= 11 is 6.34. The third-order valence-corrected chi connectivity index (χ3v) is 5.64. The summed E-state index contributed by atoms with van der Waals surface area (Å²) in [6.45, 7) is 1.10. The molecule has 0 saturated carbocycles. The van der Waals surface area contributed by atoms with Crippen LogP contribution in [-0.4, -0.2) is 24.6 Å². The molecule has 4 rings (SSSR count). The van der Waals surface area contributed by atoms with Gasteiger partial charge in [-0.15, -0.1) is 0 Å². The molecule has 0 aliphatic carbocycles. The minimum Gasteiger partial charge on any atom is -0.493 e. The lowest BCUT2D eigenvalue weighted by Gasteiger charge is -2.34. The van der Waals surface area contributed by atoms with Gasteiger partial charge in [0, 0.05) is 11.4 Å². The molecule has 1 heterocycles. The molecule has 1 amide bonds. The topological polar surface area (TPSA) is 103 Å². The summed E-state index contributed by atoms with van der Waals surface area (Å²) in [4.78, 5) is 19.0. The second-order valence-electron chi connectivity index (χ2n) is 7.61. The fraction of sp³-hybridized carbons (Fsp3) is 0.200. The maximum absolute atomic E-state index is 13.3. The van der Waals surface area contributed by atoms with E-state index in [1.54, 1.807) is 4.90 Å². The second-order valence-corrected chi connectivity index (χ2v) is 8.02. The molecule has 1 unspecified atom stereocenters. The zero-order chi connectivity index (χ0) is 23.2. The van der Waals surface area contributed by atoms with E-state index in [9.17, 15) is 4.79 Å². The van der Waals surface area contributed by atoms with E-state index in [2.05, 4.69) is 4.99 Å². The monoisotopic (exact) mass is 464 g/mol. The number of halogens is 1. The van der Waals surface area contributed by atoms with Crippen LogP contribution in [0.25, 0.3) is 0 Å². The zero-order valence-corrected chi connectivity index (χ0v) is 18.7. The lowest BCUT2D eigenvalue weighted by molar-refractivity contribution is -0.127. The molecule has 0 saturated heterocycles. The maximum atomic E-state index is 13.3. The number of nitrogens with zero attached hydrogens (tertiary/aromatic N) is 2. The number of hydrogen-bond donors (Lipinski definition) is 2. The number of para-hydroxylation sites is 2.